The summed E-state index contributed by atoms with van der Waals surface area (Å²) in [6.45, 7) is 11.4. The Kier molecular flexibility index (Phi) is 8.87. The summed E-state index contributed by atoms with van der Waals surface area (Å²) in [5.74, 6) is 0.966. The topological polar surface area (TPSA) is 57.2 Å². The lowest BCUT2D eigenvalue weighted by atomic mass is 10.1. The van der Waals surface area contributed by atoms with Gasteiger partial charge in [0.25, 0.3) is 0 Å². The van der Waals surface area contributed by atoms with Crippen molar-refractivity contribution in [2.75, 3.05) is 39.8 Å². The minimum atomic E-state index is -0.375. The van der Waals surface area contributed by atoms with E-state index in [1.165, 1.54) is 32.4 Å². The lowest BCUT2D eigenvalue weighted by Gasteiger charge is -2.25. The average Bonchev–Trinajstić information content (AvgIpc) is 3.26. The third-order valence-electron chi connectivity index (χ3n) is 5.34. The molecular formula is C21H40N4O2. The van der Waals surface area contributed by atoms with E-state index in [1.807, 2.05) is 27.8 Å². The Bertz CT molecular complexity index is 481. The van der Waals surface area contributed by atoms with Crippen molar-refractivity contribution in [2.45, 2.75) is 83.8 Å². The van der Waals surface area contributed by atoms with E-state index in [0.29, 0.717) is 12.5 Å². The molecule has 1 unspecified atom stereocenters. The van der Waals surface area contributed by atoms with E-state index >= 15 is 0 Å². The van der Waals surface area contributed by atoms with Gasteiger partial charge in [-0.25, -0.2) is 0 Å². The lowest BCUT2D eigenvalue weighted by Crippen LogP contribution is -2.42. The van der Waals surface area contributed by atoms with E-state index in [4.69, 9.17) is 4.74 Å². The van der Waals surface area contributed by atoms with Crippen LogP contribution in [0.1, 0.15) is 72.1 Å². The third-order valence-corrected chi connectivity index (χ3v) is 5.34. The van der Waals surface area contributed by atoms with Gasteiger partial charge in [0.2, 0.25) is 0 Å². The normalized spacial score (nSPS) is 21.7. The molecule has 0 aromatic rings. The molecule has 2 aliphatic rings. The van der Waals surface area contributed by atoms with Crippen LogP contribution < -0.4 is 5.32 Å². The van der Waals surface area contributed by atoms with Crippen molar-refractivity contribution in [1.82, 2.24) is 15.1 Å². The second kappa shape index (κ2) is 10.9. The van der Waals surface area contributed by atoms with Crippen molar-refractivity contribution >= 4 is 11.9 Å². The van der Waals surface area contributed by atoms with E-state index in [-0.39, 0.29) is 11.6 Å². The number of unbranched alkanes of at least 4 members (excludes halogenated alkanes) is 3. The van der Waals surface area contributed by atoms with Crippen molar-refractivity contribution < 1.29 is 9.53 Å². The molecule has 0 aliphatic carbocycles. The zero-order valence-corrected chi connectivity index (χ0v) is 17.9. The fraction of sp³-hybridized carbons (Fsp3) is 0.905. The molecular weight excluding hydrogens is 340 g/mol. The Morgan fingerprint density at radius 1 is 1.11 bits per heavy atom. The molecule has 6 nitrogen and oxygen atoms in total. The molecule has 0 saturated carbocycles. The minimum absolute atomic E-state index is 0.0809. The van der Waals surface area contributed by atoms with Gasteiger partial charge in [-0.15, -0.1) is 0 Å². The summed E-state index contributed by atoms with van der Waals surface area (Å²) in [7, 11) is 1.88. The molecule has 2 saturated heterocycles. The number of hydrogen-bond donors (Lipinski definition) is 1. The van der Waals surface area contributed by atoms with Gasteiger partial charge in [-0.3, -0.25) is 14.7 Å². The average molecular weight is 381 g/mol. The van der Waals surface area contributed by atoms with Crippen molar-refractivity contribution in [2.24, 2.45) is 4.99 Å². The first-order valence-corrected chi connectivity index (χ1v) is 10.8. The summed E-state index contributed by atoms with van der Waals surface area (Å²) in [4.78, 5) is 21.2. The van der Waals surface area contributed by atoms with Crippen molar-refractivity contribution in [1.29, 1.82) is 0 Å². The quantitative estimate of drug-likeness (QED) is 0.304. The number of hydrogen-bond acceptors (Lipinski definition) is 4. The van der Waals surface area contributed by atoms with Crippen LogP contribution in [0.3, 0.4) is 0 Å². The van der Waals surface area contributed by atoms with E-state index < -0.39 is 0 Å². The van der Waals surface area contributed by atoms with Gasteiger partial charge in [0.1, 0.15) is 5.60 Å². The Labute approximate surface area is 165 Å². The number of guanidine groups is 1. The Morgan fingerprint density at radius 2 is 1.81 bits per heavy atom. The highest BCUT2D eigenvalue weighted by Crippen LogP contribution is 2.20. The van der Waals surface area contributed by atoms with Crippen LogP contribution in [-0.4, -0.2) is 73.1 Å². The van der Waals surface area contributed by atoms with Gasteiger partial charge >= 0.3 is 5.97 Å². The second-order valence-electron chi connectivity index (χ2n) is 8.86. The van der Waals surface area contributed by atoms with Crippen molar-refractivity contribution in [3.63, 3.8) is 0 Å². The highest BCUT2D eigenvalue weighted by molar-refractivity contribution is 5.80. The highest BCUT2D eigenvalue weighted by atomic mass is 16.6. The maximum absolute atomic E-state index is 11.7. The maximum atomic E-state index is 11.7. The Balaban J connectivity index is 1.53. The predicted octanol–water partition coefficient (Wildman–Crippen LogP) is 3.02. The highest BCUT2D eigenvalue weighted by Gasteiger charge is 2.30. The first kappa shape index (κ1) is 22.0. The summed E-state index contributed by atoms with van der Waals surface area (Å²) in [5, 5.41) is 3.52. The Morgan fingerprint density at radius 3 is 2.48 bits per heavy atom. The van der Waals surface area contributed by atoms with Gasteiger partial charge in [-0.1, -0.05) is 12.8 Å². The molecule has 6 heteroatoms. The summed E-state index contributed by atoms with van der Waals surface area (Å²) in [6.07, 6.45) is 8.71. The molecule has 0 aromatic carbocycles. The third kappa shape index (κ3) is 8.08. The molecule has 0 amide bonds. The summed E-state index contributed by atoms with van der Waals surface area (Å²) in [5.41, 5.74) is -0.375. The van der Waals surface area contributed by atoms with Crippen LogP contribution in [0.25, 0.3) is 0 Å². The molecule has 27 heavy (non-hydrogen) atoms. The molecule has 0 bridgehead atoms. The van der Waals surface area contributed by atoms with E-state index in [0.717, 1.165) is 51.3 Å². The van der Waals surface area contributed by atoms with Gasteiger partial charge in [0.15, 0.2) is 5.96 Å². The SMILES string of the molecule is CN=C(NCCCCCCC(=O)OC(C)(C)C)N1CCC(N2CCCC2)C1. The first-order chi connectivity index (χ1) is 12.9. The largest absolute Gasteiger partial charge is 0.460 e. The molecule has 1 N–H and O–H groups in total. The number of rotatable bonds is 8. The molecule has 1 atom stereocenters. The number of ether oxygens (including phenoxy) is 1. The fourth-order valence-electron chi connectivity index (χ4n) is 4.01. The number of nitrogens with one attached hydrogen (secondary N) is 1. The van der Waals surface area contributed by atoms with Crippen LogP contribution in [0, 0.1) is 0 Å². The Hall–Kier alpha value is -1.30. The summed E-state index contributed by atoms with van der Waals surface area (Å²) < 4.78 is 5.34. The second-order valence-corrected chi connectivity index (χ2v) is 8.86. The van der Waals surface area contributed by atoms with Gasteiger partial charge in [-0.2, -0.15) is 0 Å². The van der Waals surface area contributed by atoms with Crippen LogP contribution in [0.15, 0.2) is 4.99 Å². The lowest BCUT2D eigenvalue weighted by molar-refractivity contribution is -0.154. The van der Waals surface area contributed by atoms with Crippen LogP contribution in [-0.2, 0) is 9.53 Å². The standard InChI is InChI=1S/C21H40N4O2/c1-21(2,3)27-19(26)11-7-5-6-8-13-23-20(22-4)25-16-12-18(17-25)24-14-9-10-15-24/h18H,5-17H2,1-4H3,(H,22,23). The molecule has 2 aliphatic heterocycles. The van der Waals surface area contributed by atoms with Crippen LogP contribution in [0.5, 0.6) is 0 Å². The maximum Gasteiger partial charge on any atom is 0.306 e. The molecule has 2 fully saturated rings. The van der Waals surface area contributed by atoms with Crippen molar-refractivity contribution in [3.05, 3.63) is 0 Å². The smallest absolute Gasteiger partial charge is 0.306 e. The first-order valence-electron chi connectivity index (χ1n) is 10.8. The van der Waals surface area contributed by atoms with Crippen LogP contribution >= 0.6 is 0 Å². The zero-order chi connectivity index (χ0) is 19.7. The van der Waals surface area contributed by atoms with Crippen molar-refractivity contribution in [3.8, 4) is 0 Å². The number of esters is 1. The number of nitrogens with zero attached hydrogens (tertiary/aromatic N) is 3. The molecule has 156 valence electrons. The van der Waals surface area contributed by atoms with E-state index in [1.54, 1.807) is 0 Å². The number of aliphatic imine (C=N–C) groups is 1. The number of carbonyl (C=O) groups excluding carboxylic acids is 1. The van der Waals surface area contributed by atoms with Gasteiger partial charge < -0.3 is 15.0 Å². The molecule has 2 heterocycles. The van der Waals surface area contributed by atoms with Gasteiger partial charge in [0, 0.05) is 39.1 Å². The van der Waals surface area contributed by atoms with Crippen LogP contribution in [0.4, 0.5) is 0 Å². The number of likely N-dealkylation sites (tertiary alicyclic amines) is 2. The molecule has 0 aromatic heterocycles. The van der Waals surface area contributed by atoms with Gasteiger partial charge in [0.05, 0.1) is 0 Å². The fourth-order valence-corrected chi connectivity index (χ4v) is 4.01. The van der Waals surface area contributed by atoms with E-state index in [2.05, 4.69) is 20.1 Å². The summed E-state index contributed by atoms with van der Waals surface area (Å²) in [6, 6.07) is 0.707. The summed E-state index contributed by atoms with van der Waals surface area (Å²) >= 11 is 0. The van der Waals surface area contributed by atoms with Gasteiger partial charge in [-0.05, 0) is 66.0 Å². The van der Waals surface area contributed by atoms with Crippen LogP contribution in [0.2, 0.25) is 0 Å². The van der Waals surface area contributed by atoms with E-state index in [9.17, 15) is 4.79 Å². The molecule has 0 spiro atoms. The zero-order valence-electron chi connectivity index (χ0n) is 17.9. The number of carbonyl (C=O) groups is 1. The predicted molar refractivity (Wildman–Crippen MR) is 111 cm³/mol. The monoisotopic (exact) mass is 380 g/mol. The molecule has 0 radical (unpaired) electrons. The minimum Gasteiger partial charge on any atom is -0.460 e. The molecule has 2 rings (SSSR count).